The normalized spacial score (nSPS) is 10.2. The van der Waals surface area contributed by atoms with Crippen LogP contribution in [0.15, 0.2) is 72.8 Å². The lowest BCUT2D eigenvalue weighted by Gasteiger charge is -2.13. The van der Waals surface area contributed by atoms with Crippen LogP contribution in [-0.2, 0) is 9.53 Å². The van der Waals surface area contributed by atoms with Crippen LogP contribution in [0, 0.1) is 6.92 Å². The van der Waals surface area contributed by atoms with Gasteiger partial charge in [-0.2, -0.15) is 0 Å². The molecule has 0 aliphatic heterocycles. The van der Waals surface area contributed by atoms with Crippen molar-refractivity contribution >= 4 is 23.3 Å². The van der Waals surface area contributed by atoms with E-state index >= 15 is 0 Å². The van der Waals surface area contributed by atoms with Crippen LogP contribution in [0.3, 0.4) is 0 Å². The molecule has 3 aromatic rings. The molecule has 0 radical (unpaired) electrons. The topological polar surface area (TPSA) is 67.4 Å². The number of esters is 1. The molecule has 0 aromatic heterocycles. The van der Waals surface area contributed by atoms with Crippen LogP contribution < -0.4 is 10.6 Å². The fourth-order valence-corrected chi connectivity index (χ4v) is 2.88. The Morgan fingerprint density at radius 3 is 2.36 bits per heavy atom. The highest BCUT2D eigenvalue weighted by Gasteiger charge is 2.11. The zero-order valence-corrected chi connectivity index (χ0v) is 15.9. The Morgan fingerprint density at radius 2 is 1.61 bits per heavy atom. The van der Waals surface area contributed by atoms with Gasteiger partial charge in [0.2, 0.25) is 5.91 Å². The van der Waals surface area contributed by atoms with E-state index in [1.165, 1.54) is 7.11 Å². The summed E-state index contributed by atoms with van der Waals surface area (Å²) in [6.45, 7) is 1.97. The Hall–Kier alpha value is -3.60. The van der Waals surface area contributed by atoms with Crippen LogP contribution in [0.5, 0.6) is 0 Å². The van der Waals surface area contributed by atoms with Gasteiger partial charge in [-0.05, 0) is 36.2 Å². The van der Waals surface area contributed by atoms with Crippen LogP contribution in [0.1, 0.15) is 15.9 Å². The molecule has 0 fully saturated rings. The molecule has 0 saturated carbocycles. The van der Waals surface area contributed by atoms with Gasteiger partial charge in [0.05, 0.1) is 19.2 Å². The summed E-state index contributed by atoms with van der Waals surface area (Å²) < 4.78 is 4.73. The van der Waals surface area contributed by atoms with Crippen LogP contribution in [0.2, 0.25) is 0 Å². The lowest BCUT2D eigenvalue weighted by molar-refractivity contribution is -0.114. The van der Waals surface area contributed by atoms with Gasteiger partial charge in [0.1, 0.15) is 0 Å². The van der Waals surface area contributed by atoms with Crippen molar-refractivity contribution in [2.45, 2.75) is 6.92 Å². The molecule has 0 heterocycles. The van der Waals surface area contributed by atoms with Gasteiger partial charge >= 0.3 is 5.97 Å². The first kappa shape index (κ1) is 19.2. The molecule has 1 amide bonds. The third kappa shape index (κ3) is 4.57. The number of nitrogens with one attached hydrogen (secondary N) is 2. The Bertz CT molecular complexity index is 984. The summed E-state index contributed by atoms with van der Waals surface area (Å²) in [7, 11) is 1.33. The van der Waals surface area contributed by atoms with Gasteiger partial charge in [0.25, 0.3) is 0 Å². The summed E-state index contributed by atoms with van der Waals surface area (Å²) >= 11 is 0. The molecule has 142 valence electrons. The molecule has 3 aromatic carbocycles. The molecular weight excluding hydrogens is 352 g/mol. The summed E-state index contributed by atoms with van der Waals surface area (Å²) in [5, 5.41) is 6.05. The summed E-state index contributed by atoms with van der Waals surface area (Å²) in [6.07, 6.45) is 0. The number of ether oxygens (including phenoxy) is 1. The predicted octanol–water partition coefficient (Wildman–Crippen LogP) is 4.50. The molecule has 3 rings (SSSR count). The van der Waals surface area contributed by atoms with Crippen LogP contribution in [0.25, 0.3) is 11.1 Å². The smallest absolute Gasteiger partial charge is 0.337 e. The van der Waals surface area contributed by atoms with Gasteiger partial charge in [-0.15, -0.1) is 0 Å². The molecule has 2 N–H and O–H groups in total. The van der Waals surface area contributed by atoms with Gasteiger partial charge in [0, 0.05) is 16.9 Å². The number of aryl methyl sites for hydroxylation is 1. The number of amides is 1. The maximum atomic E-state index is 12.4. The number of benzene rings is 3. The highest BCUT2D eigenvalue weighted by Crippen LogP contribution is 2.27. The van der Waals surface area contributed by atoms with Gasteiger partial charge in [-0.25, -0.2) is 4.79 Å². The van der Waals surface area contributed by atoms with E-state index in [9.17, 15) is 9.59 Å². The number of rotatable bonds is 6. The second-order valence-corrected chi connectivity index (χ2v) is 6.33. The van der Waals surface area contributed by atoms with E-state index in [0.717, 1.165) is 22.4 Å². The molecule has 0 aliphatic rings. The molecule has 0 atom stereocenters. The second-order valence-electron chi connectivity index (χ2n) is 6.33. The molecule has 0 unspecified atom stereocenters. The van der Waals surface area contributed by atoms with Gasteiger partial charge < -0.3 is 15.4 Å². The standard InChI is InChI=1S/C23H22N2O3/c1-16-12-13-18(23(27)28-2)14-21(16)25-22(26)15-24-20-11-7-6-10-19(20)17-8-4-3-5-9-17/h3-14,24H,15H2,1-2H3,(H,25,26). The summed E-state index contributed by atoms with van der Waals surface area (Å²) in [5.74, 6) is -0.640. The molecule has 28 heavy (non-hydrogen) atoms. The molecule has 0 aliphatic carbocycles. The van der Waals surface area contributed by atoms with E-state index < -0.39 is 5.97 Å². The highest BCUT2D eigenvalue weighted by molar-refractivity contribution is 5.97. The summed E-state index contributed by atoms with van der Waals surface area (Å²) in [4.78, 5) is 24.1. The highest BCUT2D eigenvalue weighted by atomic mass is 16.5. The lowest BCUT2D eigenvalue weighted by atomic mass is 10.0. The Kier molecular flexibility index (Phi) is 6.07. The van der Waals surface area contributed by atoms with E-state index in [-0.39, 0.29) is 12.5 Å². The maximum absolute atomic E-state index is 12.4. The Labute approximate surface area is 164 Å². The third-order valence-electron chi connectivity index (χ3n) is 4.38. The SMILES string of the molecule is COC(=O)c1ccc(C)c(NC(=O)CNc2ccccc2-c2ccccc2)c1. The van der Waals surface area contributed by atoms with Gasteiger partial charge in [0.15, 0.2) is 0 Å². The molecule has 5 heteroatoms. The quantitative estimate of drug-likeness (QED) is 0.624. The van der Waals surface area contributed by atoms with Crippen LogP contribution in [0.4, 0.5) is 11.4 Å². The summed E-state index contributed by atoms with van der Waals surface area (Å²) in [6, 6.07) is 22.9. The van der Waals surface area contributed by atoms with Crippen molar-refractivity contribution in [2.75, 3.05) is 24.3 Å². The van der Waals surface area contributed by atoms with Crippen molar-refractivity contribution in [2.24, 2.45) is 0 Å². The van der Waals surface area contributed by atoms with Crippen molar-refractivity contribution in [3.63, 3.8) is 0 Å². The van der Waals surface area contributed by atoms with E-state index in [2.05, 4.69) is 10.6 Å². The number of methoxy groups -OCH3 is 1. The average Bonchev–Trinajstić information content (AvgIpc) is 2.74. The fraction of sp³-hybridized carbons (Fsp3) is 0.130. The van der Waals surface area contributed by atoms with Crippen molar-refractivity contribution in [3.05, 3.63) is 83.9 Å². The molecule has 0 saturated heterocycles. The number of anilines is 2. The van der Waals surface area contributed by atoms with Crippen molar-refractivity contribution in [1.29, 1.82) is 0 Å². The minimum absolute atomic E-state index is 0.103. The van der Waals surface area contributed by atoms with E-state index in [4.69, 9.17) is 4.74 Å². The fourth-order valence-electron chi connectivity index (χ4n) is 2.88. The molecule has 0 bridgehead atoms. The Morgan fingerprint density at radius 1 is 0.893 bits per heavy atom. The lowest BCUT2D eigenvalue weighted by Crippen LogP contribution is -2.22. The van der Waals surface area contributed by atoms with Gasteiger partial charge in [-0.1, -0.05) is 54.6 Å². The molecular formula is C23H22N2O3. The first-order valence-electron chi connectivity index (χ1n) is 8.95. The zero-order chi connectivity index (χ0) is 19.9. The van der Waals surface area contributed by atoms with E-state index in [0.29, 0.717) is 11.3 Å². The van der Waals surface area contributed by atoms with Crippen LogP contribution >= 0.6 is 0 Å². The molecule has 0 spiro atoms. The average molecular weight is 374 g/mol. The van der Waals surface area contributed by atoms with Crippen molar-refractivity contribution < 1.29 is 14.3 Å². The first-order valence-corrected chi connectivity index (χ1v) is 8.95. The van der Waals surface area contributed by atoms with Crippen molar-refractivity contribution in [1.82, 2.24) is 0 Å². The van der Waals surface area contributed by atoms with E-state index in [1.807, 2.05) is 61.5 Å². The van der Waals surface area contributed by atoms with Crippen molar-refractivity contribution in [3.8, 4) is 11.1 Å². The first-order chi connectivity index (χ1) is 13.6. The number of para-hydroxylation sites is 1. The number of hydrogen-bond acceptors (Lipinski definition) is 4. The Balaban J connectivity index is 1.70. The zero-order valence-electron chi connectivity index (χ0n) is 15.9. The minimum Gasteiger partial charge on any atom is -0.465 e. The van der Waals surface area contributed by atoms with Gasteiger partial charge in [-0.3, -0.25) is 4.79 Å². The van der Waals surface area contributed by atoms with Crippen LogP contribution in [-0.4, -0.2) is 25.5 Å². The largest absolute Gasteiger partial charge is 0.465 e. The summed E-state index contributed by atoms with van der Waals surface area (Å²) in [5.41, 5.74) is 4.83. The monoisotopic (exact) mass is 374 g/mol. The number of carbonyl (C=O) groups excluding carboxylic acids is 2. The predicted molar refractivity (Wildman–Crippen MR) is 112 cm³/mol. The third-order valence-corrected chi connectivity index (χ3v) is 4.38. The number of hydrogen-bond donors (Lipinski definition) is 2. The maximum Gasteiger partial charge on any atom is 0.337 e. The number of carbonyl (C=O) groups is 2. The molecule has 5 nitrogen and oxygen atoms in total. The minimum atomic E-state index is -0.439. The second kappa shape index (κ2) is 8.86. The van der Waals surface area contributed by atoms with E-state index in [1.54, 1.807) is 18.2 Å².